The number of hydrogen-bond donors (Lipinski definition) is 0. The second-order valence-corrected chi connectivity index (χ2v) is 9.10. The van der Waals surface area contributed by atoms with Gasteiger partial charge in [0.1, 0.15) is 11.6 Å². The normalized spacial score (nSPS) is 11.4. The number of hydrogen-bond acceptors (Lipinski definition) is 6. The summed E-state index contributed by atoms with van der Waals surface area (Å²) >= 11 is 0. The van der Waals surface area contributed by atoms with Crippen molar-refractivity contribution in [3.8, 4) is 0 Å². The first-order valence-corrected chi connectivity index (χ1v) is 12.2. The lowest BCUT2D eigenvalue weighted by Gasteiger charge is -2.03. The van der Waals surface area contributed by atoms with Gasteiger partial charge in [-0.2, -0.15) is 0 Å². The minimum atomic E-state index is 0.135. The molecule has 178 valence electrons. The quantitative estimate of drug-likeness (QED) is 0.317. The summed E-state index contributed by atoms with van der Waals surface area (Å²) in [4.78, 5) is 22.6. The average Bonchev–Trinajstić information content (AvgIpc) is 3.40. The van der Waals surface area contributed by atoms with E-state index in [0.717, 1.165) is 75.8 Å². The Morgan fingerprint density at radius 1 is 0.750 bits per heavy atom. The fraction of sp³-hybridized carbons (Fsp3) is 0.750. The van der Waals surface area contributed by atoms with Gasteiger partial charge in [0, 0.05) is 44.2 Å². The number of Topliss-reactive ketones (excluding diaryl/α,β-unsaturated/α-hetero) is 2. The average molecular weight is 445 g/mol. The molecule has 0 spiro atoms. The van der Waals surface area contributed by atoms with Crippen LogP contribution in [0.4, 0.5) is 0 Å². The molecule has 0 aromatic carbocycles. The number of nitrogens with zero attached hydrogens (tertiary/aromatic N) is 6. The molecule has 0 unspecified atom stereocenters. The van der Waals surface area contributed by atoms with E-state index in [1.807, 2.05) is 35.6 Å². The van der Waals surface area contributed by atoms with Gasteiger partial charge >= 0.3 is 0 Å². The van der Waals surface area contributed by atoms with E-state index in [1.165, 1.54) is 12.8 Å². The van der Waals surface area contributed by atoms with E-state index < -0.39 is 0 Å². The van der Waals surface area contributed by atoms with Crippen LogP contribution < -0.4 is 0 Å². The summed E-state index contributed by atoms with van der Waals surface area (Å²) in [5.74, 6) is 0.728. The van der Waals surface area contributed by atoms with E-state index in [1.54, 1.807) is 6.92 Å². The highest BCUT2D eigenvalue weighted by molar-refractivity contribution is 5.80. The van der Waals surface area contributed by atoms with Gasteiger partial charge in [0.05, 0.1) is 11.4 Å². The number of unbranched alkanes of at least 4 members (excludes halogenated alkanes) is 5. The third kappa shape index (κ3) is 10.8. The summed E-state index contributed by atoms with van der Waals surface area (Å²) in [7, 11) is 0. The van der Waals surface area contributed by atoms with Crippen LogP contribution in [0.25, 0.3) is 0 Å². The first-order valence-electron chi connectivity index (χ1n) is 12.2. The number of aromatic nitrogens is 6. The molecular weight excluding hydrogens is 404 g/mol. The van der Waals surface area contributed by atoms with Gasteiger partial charge in [-0.1, -0.05) is 37.1 Å². The summed E-state index contributed by atoms with van der Waals surface area (Å²) in [5.41, 5.74) is 2.10. The summed E-state index contributed by atoms with van der Waals surface area (Å²) in [6.45, 7) is 7.21. The maximum atomic E-state index is 11.6. The second-order valence-electron chi connectivity index (χ2n) is 9.10. The number of aryl methyl sites for hydroxylation is 4. The van der Waals surface area contributed by atoms with E-state index in [0.29, 0.717) is 18.6 Å². The number of ketones is 2. The molecule has 0 aliphatic heterocycles. The molecule has 0 saturated heterocycles. The first kappa shape index (κ1) is 25.9. The van der Waals surface area contributed by atoms with Crippen LogP contribution in [0.3, 0.4) is 0 Å². The largest absolute Gasteiger partial charge is 0.300 e. The van der Waals surface area contributed by atoms with Crippen LogP contribution in [0.15, 0.2) is 12.4 Å². The van der Waals surface area contributed by atoms with Crippen LogP contribution in [0, 0.1) is 5.92 Å². The van der Waals surface area contributed by atoms with Gasteiger partial charge in [-0.05, 0) is 58.3 Å². The summed E-state index contributed by atoms with van der Waals surface area (Å²) in [6.07, 6.45) is 15.6. The molecule has 0 bridgehead atoms. The van der Waals surface area contributed by atoms with Crippen molar-refractivity contribution in [2.75, 3.05) is 0 Å². The van der Waals surface area contributed by atoms with Crippen molar-refractivity contribution in [1.82, 2.24) is 30.0 Å². The zero-order chi connectivity index (χ0) is 23.2. The van der Waals surface area contributed by atoms with E-state index in [4.69, 9.17) is 0 Å². The van der Waals surface area contributed by atoms with E-state index >= 15 is 0 Å². The molecule has 0 aliphatic rings. The van der Waals surface area contributed by atoms with Crippen molar-refractivity contribution >= 4 is 11.6 Å². The predicted molar refractivity (Wildman–Crippen MR) is 124 cm³/mol. The molecule has 32 heavy (non-hydrogen) atoms. The number of carbonyl (C=O) groups excluding carboxylic acids is 2. The standard InChI is InChI=1S/C24H40N6O2/c1-20(2)24(32)15-9-11-17-30-19-23(26-28-30)14-7-5-4-6-13-22-18-29(27-25-22)16-10-8-12-21(3)31/h18-20H,4-17H2,1-3H3. The number of rotatable bonds is 18. The molecule has 0 aliphatic carbocycles. The maximum absolute atomic E-state index is 11.6. The highest BCUT2D eigenvalue weighted by atomic mass is 16.1. The van der Waals surface area contributed by atoms with Crippen LogP contribution >= 0.6 is 0 Å². The SMILES string of the molecule is CC(=O)CCCCn1cc(CCCCCCc2cn(CCCCC(=O)C(C)C)nn2)nn1. The summed E-state index contributed by atoms with van der Waals surface area (Å²) in [5, 5.41) is 16.9. The lowest BCUT2D eigenvalue weighted by molar-refractivity contribution is -0.122. The molecule has 2 rings (SSSR count). The summed E-state index contributed by atoms with van der Waals surface area (Å²) < 4.78 is 3.79. The molecule has 0 fully saturated rings. The second kappa shape index (κ2) is 14.6. The van der Waals surface area contributed by atoms with E-state index in [-0.39, 0.29) is 11.7 Å². The van der Waals surface area contributed by atoms with Crippen LogP contribution in [0.5, 0.6) is 0 Å². The van der Waals surface area contributed by atoms with Gasteiger partial charge in [-0.25, -0.2) is 0 Å². The van der Waals surface area contributed by atoms with Crippen LogP contribution in [0.1, 0.15) is 96.4 Å². The number of carbonyl (C=O) groups is 2. The van der Waals surface area contributed by atoms with Crippen LogP contribution in [-0.2, 0) is 35.5 Å². The van der Waals surface area contributed by atoms with Gasteiger partial charge in [0.2, 0.25) is 0 Å². The Kier molecular flexibility index (Phi) is 11.8. The lowest BCUT2D eigenvalue weighted by Crippen LogP contribution is -2.07. The van der Waals surface area contributed by atoms with Crippen molar-refractivity contribution in [1.29, 1.82) is 0 Å². The molecular formula is C24H40N6O2. The fourth-order valence-electron chi connectivity index (χ4n) is 3.60. The van der Waals surface area contributed by atoms with Crippen molar-refractivity contribution < 1.29 is 9.59 Å². The molecule has 2 heterocycles. The Bertz CT molecular complexity index is 811. The Hall–Kier alpha value is -2.38. The van der Waals surface area contributed by atoms with Gasteiger partial charge in [0.25, 0.3) is 0 Å². The zero-order valence-corrected chi connectivity index (χ0v) is 20.1. The highest BCUT2D eigenvalue weighted by Crippen LogP contribution is 2.10. The molecule has 2 aromatic heterocycles. The van der Waals surface area contributed by atoms with Crippen molar-refractivity contribution in [2.45, 2.75) is 111 Å². The van der Waals surface area contributed by atoms with Crippen molar-refractivity contribution in [2.24, 2.45) is 5.92 Å². The third-order valence-electron chi connectivity index (χ3n) is 5.66. The minimum absolute atomic E-state index is 0.135. The Balaban J connectivity index is 1.50. The third-order valence-corrected chi connectivity index (χ3v) is 5.66. The van der Waals surface area contributed by atoms with Gasteiger partial charge in [-0.3, -0.25) is 14.2 Å². The molecule has 0 amide bonds. The van der Waals surface area contributed by atoms with E-state index in [9.17, 15) is 9.59 Å². The zero-order valence-electron chi connectivity index (χ0n) is 20.1. The van der Waals surface area contributed by atoms with Gasteiger partial charge < -0.3 is 4.79 Å². The maximum Gasteiger partial charge on any atom is 0.135 e. The first-order chi connectivity index (χ1) is 15.4. The monoisotopic (exact) mass is 444 g/mol. The van der Waals surface area contributed by atoms with Gasteiger partial charge in [-0.15, -0.1) is 10.2 Å². The molecule has 0 saturated carbocycles. The molecule has 0 radical (unpaired) electrons. The Morgan fingerprint density at radius 2 is 1.25 bits per heavy atom. The van der Waals surface area contributed by atoms with Crippen molar-refractivity contribution in [3.63, 3.8) is 0 Å². The molecule has 0 N–H and O–H groups in total. The summed E-state index contributed by atoms with van der Waals surface area (Å²) in [6, 6.07) is 0. The van der Waals surface area contributed by atoms with Crippen LogP contribution in [-0.4, -0.2) is 41.6 Å². The minimum Gasteiger partial charge on any atom is -0.300 e. The molecule has 2 aromatic rings. The molecule has 8 heteroatoms. The molecule has 8 nitrogen and oxygen atoms in total. The van der Waals surface area contributed by atoms with Crippen LogP contribution in [0.2, 0.25) is 0 Å². The smallest absolute Gasteiger partial charge is 0.135 e. The predicted octanol–water partition coefficient (Wildman–Crippen LogP) is 4.37. The van der Waals surface area contributed by atoms with Crippen molar-refractivity contribution in [3.05, 3.63) is 23.8 Å². The molecule has 0 atom stereocenters. The van der Waals surface area contributed by atoms with E-state index in [2.05, 4.69) is 20.6 Å². The Labute approximate surface area is 192 Å². The fourth-order valence-corrected chi connectivity index (χ4v) is 3.60. The topological polar surface area (TPSA) is 95.6 Å². The Morgan fingerprint density at radius 3 is 1.72 bits per heavy atom. The highest BCUT2D eigenvalue weighted by Gasteiger charge is 2.07. The van der Waals surface area contributed by atoms with Gasteiger partial charge in [0.15, 0.2) is 0 Å². The lowest BCUT2D eigenvalue weighted by atomic mass is 10.0.